The van der Waals surface area contributed by atoms with E-state index in [0.29, 0.717) is 30.0 Å². The summed E-state index contributed by atoms with van der Waals surface area (Å²) in [5, 5.41) is 8.16. The minimum Gasteiger partial charge on any atom is -0.495 e. The van der Waals surface area contributed by atoms with Gasteiger partial charge in [0, 0.05) is 25.6 Å². The number of methoxy groups -OCH3 is 1. The molecule has 112 valence electrons. The predicted molar refractivity (Wildman–Crippen MR) is 80.8 cm³/mol. The van der Waals surface area contributed by atoms with Crippen molar-refractivity contribution in [3.63, 3.8) is 0 Å². The third kappa shape index (κ3) is 5.07. The second-order valence-corrected chi connectivity index (χ2v) is 3.90. The molecule has 20 heavy (non-hydrogen) atoms. The van der Waals surface area contributed by atoms with Gasteiger partial charge in [-0.25, -0.2) is 0 Å². The maximum absolute atomic E-state index is 11.7. The predicted octanol–water partition coefficient (Wildman–Crippen LogP) is 1.02. The molecule has 0 aliphatic carbocycles. The first kappa shape index (κ1) is 18.2. The van der Waals surface area contributed by atoms with E-state index in [-0.39, 0.29) is 24.2 Å². The molecule has 0 atom stereocenters. The summed E-state index contributed by atoms with van der Waals surface area (Å²) in [5.74, 6) is 0.167. The Balaban J connectivity index is 0.00000361. The molecule has 1 aromatic carbocycles. The molecule has 0 saturated carbocycles. The second kappa shape index (κ2) is 9.17. The highest BCUT2D eigenvalue weighted by Gasteiger charge is 2.11. The summed E-state index contributed by atoms with van der Waals surface area (Å²) in [6, 6.07) is 4.88. The van der Waals surface area contributed by atoms with Crippen LogP contribution in [0.3, 0.4) is 0 Å². The van der Waals surface area contributed by atoms with Gasteiger partial charge in [0.25, 0.3) is 5.91 Å². The van der Waals surface area contributed by atoms with Crippen molar-refractivity contribution in [3.8, 4) is 5.75 Å². The van der Waals surface area contributed by atoms with Gasteiger partial charge >= 0.3 is 0 Å². The highest BCUT2D eigenvalue weighted by molar-refractivity contribution is 5.98. The van der Waals surface area contributed by atoms with Crippen LogP contribution < -0.4 is 20.7 Å². The normalized spacial score (nSPS) is 9.35. The van der Waals surface area contributed by atoms with Gasteiger partial charge in [0.15, 0.2) is 0 Å². The van der Waals surface area contributed by atoms with E-state index in [1.165, 1.54) is 7.11 Å². The Kier molecular flexibility index (Phi) is 8.35. The smallest absolute Gasteiger partial charge is 0.251 e. The largest absolute Gasteiger partial charge is 0.495 e. The molecule has 0 fully saturated rings. The first-order valence-electron chi connectivity index (χ1n) is 5.97. The number of hydrogen-bond acceptors (Lipinski definition) is 4. The lowest BCUT2D eigenvalue weighted by molar-refractivity contribution is -0.116. The zero-order valence-electron chi connectivity index (χ0n) is 11.8. The van der Waals surface area contributed by atoms with Crippen LogP contribution in [0.4, 0.5) is 5.69 Å². The fraction of sp³-hybridized carbons (Fsp3) is 0.385. The van der Waals surface area contributed by atoms with Crippen molar-refractivity contribution in [2.45, 2.75) is 6.42 Å². The van der Waals surface area contributed by atoms with Crippen molar-refractivity contribution < 1.29 is 14.3 Å². The average molecular weight is 302 g/mol. The Morgan fingerprint density at radius 1 is 1.25 bits per heavy atom. The fourth-order valence-electron chi connectivity index (χ4n) is 1.54. The quantitative estimate of drug-likeness (QED) is 0.733. The molecule has 0 radical (unpaired) electrons. The Hall–Kier alpha value is -1.79. The summed E-state index contributed by atoms with van der Waals surface area (Å²) in [6.45, 7) is 0.587. The van der Waals surface area contributed by atoms with Crippen LogP contribution in [0, 0.1) is 0 Å². The summed E-state index contributed by atoms with van der Waals surface area (Å²) >= 11 is 0. The number of carbonyl (C=O) groups excluding carboxylic acids is 2. The monoisotopic (exact) mass is 301 g/mol. The van der Waals surface area contributed by atoms with Crippen LogP contribution in [0.15, 0.2) is 18.2 Å². The summed E-state index contributed by atoms with van der Waals surface area (Å²) in [5.41, 5.74) is 0.955. The summed E-state index contributed by atoms with van der Waals surface area (Å²) in [4.78, 5) is 23.2. The zero-order chi connectivity index (χ0) is 14.3. The highest BCUT2D eigenvalue weighted by Crippen LogP contribution is 2.25. The fourth-order valence-corrected chi connectivity index (χ4v) is 1.54. The van der Waals surface area contributed by atoms with Gasteiger partial charge in [0.1, 0.15) is 5.75 Å². The van der Waals surface area contributed by atoms with E-state index in [2.05, 4.69) is 16.0 Å². The van der Waals surface area contributed by atoms with Crippen LogP contribution in [0.1, 0.15) is 16.8 Å². The summed E-state index contributed by atoms with van der Waals surface area (Å²) in [6.07, 6.45) is 0.351. The van der Waals surface area contributed by atoms with Gasteiger partial charge in [-0.05, 0) is 25.2 Å². The number of ether oxygens (including phenoxy) is 1. The van der Waals surface area contributed by atoms with Gasteiger partial charge < -0.3 is 20.7 Å². The molecular weight excluding hydrogens is 282 g/mol. The highest BCUT2D eigenvalue weighted by atomic mass is 35.5. The molecular formula is C13H20ClN3O3. The molecule has 0 saturated heterocycles. The molecule has 7 heteroatoms. The molecule has 6 nitrogen and oxygen atoms in total. The molecule has 1 aromatic rings. The van der Waals surface area contributed by atoms with Crippen LogP contribution in [-0.4, -0.2) is 39.6 Å². The Bertz CT molecular complexity index is 466. The van der Waals surface area contributed by atoms with Gasteiger partial charge in [0.05, 0.1) is 12.8 Å². The number of benzene rings is 1. The number of hydrogen-bond donors (Lipinski definition) is 3. The van der Waals surface area contributed by atoms with Crippen molar-refractivity contribution in [2.75, 3.05) is 33.1 Å². The van der Waals surface area contributed by atoms with Gasteiger partial charge in [-0.2, -0.15) is 0 Å². The van der Waals surface area contributed by atoms with Crippen LogP contribution in [0.5, 0.6) is 5.75 Å². The Labute approximate surface area is 124 Å². The minimum absolute atomic E-state index is 0. The Morgan fingerprint density at radius 2 is 1.95 bits per heavy atom. The number of nitrogens with one attached hydrogen (secondary N) is 3. The molecule has 0 unspecified atom stereocenters. The van der Waals surface area contributed by atoms with E-state index in [1.807, 2.05) is 0 Å². The van der Waals surface area contributed by atoms with Crippen LogP contribution >= 0.6 is 12.4 Å². The van der Waals surface area contributed by atoms with Crippen molar-refractivity contribution in [3.05, 3.63) is 23.8 Å². The summed E-state index contributed by atoms with van der Waals surface area (Å²) in [7, 11) is 4.84. The van der Waals surface area contributed by atoms with Crippen molar-refractivity contribution in [2.24, 2.45) is 0 Å². The molecule has 0 aromatic heterocycles. The topological polar surface area (TPSA) is 79.5 Å². The molecule has 0 spiro atoms. The number of anilines is 1. The standard InChI is InChI=1S/C13H19N3O3.ClH/c1-14-7-6-12(17)16-10-8-9(13(18)15-2)4-5-11(10)19-3;/h4-5,8,14H,6-7H2,1-3H3,(H,15,18)(H,16,17);1H. The average Bonchev–Trinajstić information content (AvgIpc) is 2.44. The first-order chi connectivity index (χ1) is 9.12. The number of rotatable bonds is 6. The van der Waals surface area contributed by atoms with Gasteiger partial charge in [-0.15, -0.1) is 12.4 Å². The minimum atomic E-state index is -0.214. The van der Waals surface area contributed by atoms with Crippen LogP contribution in [0.25, 0.3) is 0 Å². The van der Waals surface area contributed by atoms with Gasteiger partial charge in [0.2, 0.25) is 5.91 Å². The van der Waals surface area contributed by atoms with Crippen LogP contribution in [0.2, 0.25) is 0 Å². The van der Waals surface area contributed by atoms with Crippen molar-refractivity contribution in [1.82, 2.24) is 10.6 Å². The molecule has 3 N–H and O–H groups in total. The van der Waals surface area contributed by atoms with E-state index >= 15 is 0 Å². The lowest BCUT2D eigenvalue weighted by Gasteiger charge is -2.11. The van der Waals surface area contributed by atoms with Gasteiger partial charge in [-0.1, -0.05) is 0 Å². The number of amides is 2. The van der Waals surface area contributed by atoms with Crippen molar-refractivity contribution >= 4 is 29.9 Å². The SMILES string of the molecule is CNCCC(=O)Nc1cc(C(=O)NC)ccc1OC.Cl. The van der Waals surface area contributed by atoms with Gasteiger partial charge in [-0.3, -0.25) is 9.59 Å². The number of halogens is 1. The molecule has 0 bridgehead atoms. The molecule has 0 heterocycles. The maximum Gasteiger partial charge on any atom is 0.251 e. The van der Waals surface area contributed by atoms with Crippen molar-refractivity contribution in [1.29, 1.82) is 0 Å². The third-order valence-corrected chi connectivity index (χ3v) is 2.56. The third-order valence-electron chi connectivity index (χ3n) is 2.56. The van der Waals surface area contributed by atoms with E-state index in [0.717, 1.165) is 0 Å². The molecule has 1 rings (SSSR count). The Morgan fingerprint density at radius 3 is 2.50 bits per heavy atom. The number of carbonyl (C=O) groups is 2. The zero-order valence-corrected chi connectivity index (χ0v) is 12.6. The summed E-state index contributed by atoms with van der Waals surface area (Å²) < 4.78 is 5.16. The molecule has 0 aliphatic rings. The van der Waals surface area contributed by atoms with Crippen LogP contribution in [-0.2, 0) is 4.79 Å². The molecule has 2 amide bonds. The first-order valence-corrected chi connectivity index (χ1v) is 5.97. The lowest BCUT2D eigenvalue weighted by Crippen LogP contribution is -2.20. The van der Waals surface area contributed by atoms with E-state index < -0.39 is 0 Å². The van der Waals surface area contributed by atoms with E-state index in [9.17, 15) is 9.59 Å². The lowest BCUT2D eigenvalue weighted by atomic mass is 10.1. The maximum atomic E-state index is 11.7. The van der Waals surface area contributed by atoms with E-state index in [1.54, 1.807) is 32.3 Å². The van der Waals surface area contributed by atoms with E-state index in [4.69, 9.17) is 4.74 Å². The molecule has 0 aliphatic heterocycles. The second-order valence-electron chi connectivity index (χ2n) is 3.90.